The van der Waals surface area contributed by atoms with Gasteiger partial charge in [0.2, 0.25) is 0 Å². The number of aromatic nitrogens is 2. The Morgan fingerprint density at radius 3 is 2.67 bits per heavy atom. The van der Waals surface area contributed by atoms with Gasteiger partial charge in [-0.3, -0.25) is 0 Å². The van der Waals surface area contributed by atoms with Crippen molar-refractivity contribution >= 4 is 22.6 Å². The van der Waals surface area contributed by atoms with Crippen LogP contribution in [0.2, 0.25) is 0 Å². The lowest BCUT2D eigenvalue weighted by Gasteiger charge is -2.19. The third kappa shape index (κ3) is 3.37. The molecule has 0 N–H and O–H groups in total. The maximum atomic E-state index is 9.08. The fraction of sp³-hybridized carbons (Fsp3) is 0.500. The zero-order valence-electron chi connectivity index (χ0n) is 12.8. The number of benzene rings is 1. The summed E-state index contributed by atoms with van der Waals surface area (Å²) in [5, 5.41) is 8.93. The predicted molar refractivity (Wildman–Crippen MR) is 86.5 cm³/mol. The van der Waals surface area contributed by atoms with Gasteiger partial charge >= 0.3 is 0 Å². The summed E-state index contributed by atoms with van der Waals surface area (Å²) >= 11 is 6.27. The molecule has 2 aromatic rings. The Balaban J connectivity index is 2.42. The van der Waals surface area contributed by atoms with Crippen molar-refractivity contribution in [1.82, 2.24) is 14.5 Å². The molecule has 1 atom stereocenters. The van der Waals surface area contributed by atoms with Crippen LogP contribution >= 0.6 is 11.6 Å². The molecule has 0 bridgehead atoms. The summed E-state index contributed by atoms with van der Waals surface area (Å²) in [7, 11) is 0. The molecule has 0 saturated carbocycles. The SMILES string of the molecule is CCN(CC)CCn1c(C(C)Cl)nc2ccc(C#N)cc21. The Hall–Kier alpha value is -1.57. The monoisotopic (exact) mass is 304 g/mol. The van der Waals surface area contributed by atoms with Gasteiger partial charge in [-0.05, 0) is 38.2 Å². The van der Waals surface area contributed by atoms with E-state index in [1.165, 1.54) is 0 Å². The highest BCUT2D eigenvalue weighted by molar-refractivity contribution is 6.20. The molecule has 0 radical (unpaired) electrons. The summed E-state index contributed by atoms with van der Waals surface area (Å²) < 4.78 is 2.14. The maximum absolute atomic E-state index is 9.08. The molecule has 4 nitrogen and oxygen atoms in total. The molecule has 1 aromatic heterocycles. The Morgan fingerprint density at radius 2 is 2.10 bits per heavy atom. The number of hydrogen-bond acceptors (Lipinski definition) is 3. The first kappa shape index (κ1) is 15.8. The van der Waals surface area contributed by atoms with Gasteiger partial charge in [0.05, 0.1) is 28.0 Å². The van der Waals surface area contributed by atoms with E-state index >= 15 is 0 Å². The lowest BCUT2D eigenvalue weighted by Crippen LogP contribution is -2.27. The van der Waals surface area contributed by atoms with Crippen molar-refractivity contribution in [1.29, 1.82) is 5.26 Å². The van der Waals surface area contributed by atoms with Crippen molar-refractivity contribution in [2.24, 2.45) is 0 Å². The molecule has 2 rings (SSSR count). The summed E-state index contributed by atoms with van der Waals surface area (Å²) in [6.45, 7) is 10.1. The molecule has 0 amide bonds. The van der Waals surface area contributed by atoms with Crippen molar-refractivity contribution in [3.8, 4) is 6.07 Å². The van der Waals surface area contributed by atoms with Crippen LogP contribution in [-0.4, -0.2) is 34.1 Å². The van der Waals surface area contributed by atoms with Crippen molar-refractivity contribution in [3.05, 3.63) is 29.6 Å². The van der Waals surface area contributed by atoms with Crippen LogP contribution in [0, 0.1) is 11.3 Å². The number of fused-ring (bicyclic) bond motifs is 1. The second kappa shape index (κ2) is 6.93. The second-order valence-electron chi connectivity index (χ2n) is 5.08. The van der Waals surface area contributed by atoms with Crippen molar-refractivity contribution < 1.29 is 0 Å². The average Bonchev–Trinajstić information content (AvgIpc) is 2.86. The van der Waals surface area contributed by atoms with E-state index in [1.54, 1.807) is 6.07 Å². The molecule has 0 fully saturated rings. The molecule has 1 heterocycles. The number of likely N-dealkylation sites (N-methyl/N-ethyl adjacent to an activating group) is 1. The zero-order chi connectivity index (χ0) is 15.4. The van der Waals surface area contributed by atoms with Crippen LogP contribution in [-0.2, 0) is 6.54 Å². The van der Waals surface area contributed by atoms with Gasteiger partial charge in [-0.15, -0.1) is 11.6 Å². The van der Waals surface area contributed by atoms with Gasteiger partial charge in [-0.1, -0.05) is 13.8 Å². The molecule has 0 aliphatic rings. The van der Waals surface area contributed by atoms with Gasteiger partial charge in [0.1, 0.15) is 5.82 Å². The quantitative estimate of drug-likeness (QED) is 0.767. The van der Waals surface area contributed by atoms with E-state index < -0.39 is 0 Å². The van der Waals surface area contributed by atoms with E-state index in [0.717, 1.165) is 43.0 Å². The maximum Gasteiger partial charge on any atom is 0.127 e. The molecule has 21 heavy (non-hydrogen) atoms. The lowest BCUT2D eigenvalue weighted by atomic mass is 10.2. The molecule has 0 aliphatic heterocycles. The van der Waals surface area contributed by atoms with E-state index in [-0.39, 0.29) is 5.38 Å². The van der Waals surface area contributed by atoms with Gasteiger partial charge in [0, 0.05) is 13.1 Å². The van der Waals surface area contributed by atoms with Crippen LogP contribution < -0.4 is 0 Å². The normalized spacial score (nSPS) is 12.8. The molecule has 1 unspecified atom stereocenters. The highest BCUT2D eigenvalue weighted by Crippen LogP contribution is 2.25. The van der Waals surface area contributed by atoms with Crippen LogP contribution in [0.5, 0.6) is 0 Å². The zero-order valence-corrected chi connectivity index (χ0v) is 13.6. The number of nitriles is 1. The molecule has 0 aliphatic carbocycles. The topological polar surface area (TPSA) is 44.9 Å². The highest BCUT2D eigenvalue weighted by Gasteiger charge is 2.15. The number of halogens is 1. The average molecular weight is 305 g/mol. The standard InChI is InChI=1S/C16H21ClN4/c1-4-20(5-2)8-9-21-15-10-13(11-18)6-7-14(15)19-16(21)12(3)17/h6-7,10,12H,4-5,8-9H2,1-3H3. The minimum absolute atomic E-state index is 0.153. The van der Waals surface area contributed by atoms with E-state index in [0.29, 0.717) is 5.56 Å². The van der Waals surface area contributed by atoms with Gasteiger partial charge < -0.3 is 9.47 Å². The lowest BCUT2D eigenvalue weighted by molar-refractivity contribution is 0.290. The summed E-state index contributed by atoms with van der Waals surface area (Å²) in [5.41, 5.74) is 2.54. The van der Waals surface area contributed by atoms with Crippen LogP contribution in [0.15, 0.2) is 18.2 Å². The Labute approximate surface area is 130 Å². The summed E-state index contributed by atoms with van der Waals surface area (Å²) in [5.74, 6) is 0.869. The van der Waals surface area contributed by atoms with Crippen LogP contribution in [0.3, 0.4) is 0 Å². The van der Waals surface area contributed by atoms with Gasteiger partial charge in [-0.2, -0.15) is 5.26 Å². The third-order valence-corrected chi connectivity index (χ3v) is 3.99. The van der Waals surface area contributed by atoms with Crippen LogP contribution in [0.4, 0.5) is 0 Å². The molecule has 112 valence electrons. The first-order valence-electron chi connectivity index (χ1n) is 7.37. The fourth-order valence-corrected chi connectivity index (χ4v) is 2.70. The minimum Gasteiger partial charge on any atom is -0.325 e. The van der Waals surface area contributed by atoms with E-state index in [4.69, 9.17) is 16.9 Å². The second-order valence-corrected chi connectivity index (χ2v) is 5.73. The summed E-state index contributed by atoms with van der Waals surface area (Å²) in [4.78, 5) is 6.98. The molecule has 5 heteroatoms. The number of imidazole rings is 1. The molecular formula is C16H21ClN4. The molecule has 0 saturated heterocycles. The van der Waals surface area contributed by atoms with Crippen molar-refractivity contribution in [2.75, 3.05) is 19.6 Å². The van der Waals surface area contributed by atoms with Crippen LogP contribution in [0.1, 0.15) is 37.5 Å². The minimum atomic E-state index is -0.153. The molecule has 0 spiro atoms. The largest absolute Gasteiger partial charge is 0.325 e. The fourth-order valence-electron chi connectivity index (χ4n) is 2.53. The van der Waals surface area contributed by atoms with Crippen LogP contribution in [0.25, 0.3) is 11.0 Å². The number of hydrogen-bond donors (Lipinski definition) is 0. The first-order valence-corrected chi connectivity index (χ1v) is 7.81. The number of nitrogens with zero attached hydrogens (tertiary/aromatic N) is 4. The van der Waals surface area contributed by atoms with E-state index in [9.17, 15) is 0 Å². The highest BCUT2D eigenvalue weighted by atomic mass is 35.5. The Bertz CT molecular complexity index is 650. The third-order valence-electron chi connectivity index (χ3n) is 3.80. The van der Waals surface area contributed by atoms with E-state index in [1.807, 2.05) is 19.1 Å². The van der Waals surface area contributed by atoms with Gasteiger partial charge in [0.25, 0.3) is 0 Å². The number of rotatable bonds is 6. The first-order chi connectivity index (χ1) is 10.1. The molecule has 1 aromatic carbocycles. The molecular weight excluding hydrogens is 284 g/mol. The van der Waals surface area contributed by atoms with E-state index in [2.05, 4.69) is 34.4 Å². The predicted octanol–water partition coefficient (Wildman–Crippen LogP) is 3.55. The van der Waals surface area contributed by atoms with Crippen molar-refractivity contribution in [3.63, 3.8) is 0 Å². The smallest absolute Gasteiger partial charge is 0.127 e. The van der Waals surface area contributed by atoms with Gasteiger partial charge in [-0.25, -0.2) is 4.98 Å². The summed E-state index contributed by atoms with van der Waals surface area (Å²) in [6.07, 6.45) is 0. The number of alkyl halides is 1. The van der Waals surface area contributed by atoms with Crippen molar-refractivity contribution in [2.45, 2.75) is 32.7 Å². The van der Waals surface area contributed by atoms with Gasteiger partial charge in [0.15, 0.2) is 0 Å². The Morgan fingerprint density at radius 1 is 1.38 bits per heavy atom. The summed E-state index contributed by atoms with van der Waals surface area (Å²) in [6, 6.07) is 7.78. The Kier molecular flexibility index (Phi) is 5.22.